The Morgan fingerprint density at radius 2 is 2.42 bits per heavy atom. The van der Waals surface area contributed by atoms with Gasteiger partial charge in [-0.15, -0.1) is 11.3 Å². The first kappa shape index (κ1) is 8.21. The lowest BCUT2D eigenvalue weighted by molar-refractivity contribution is 0.0885. The molecule has 2 heterocycles. The van der Waals surface area contributed by atoms with Gasteiger partial charge >= 0.3 is 0 Å². The number of hydrogen-bond donors (Lipinski definition) is 0. The highest BCUT2D eigenvalue weighted by molar-refractivity contribution is 7.35. The molecule has 0 radical (unpaired) electrons. The van der Waals surface area contributed by atoms with Crippen molar-refractivity contribution >= 4 is 26.0 Å². The molecule has 0 N–H and O–H groups in total. The van der Waals surface area contributed by atoms with Gasteiger partial charge < -0.3 is 4.67 Å². The Bertz CT molecular complexity index is 334. The Hall–Kier alpha value is -0.400. The number of carbonyl (C=O) groups excluding carboxylic acids is 1. The lowest BCUT2D eigenvalue weighted by Crippen LogP contribution is -2.13. The maximum absolute atomic E-state index is 11.6. The van der Waals surface area contributed by atoms with E-state index >= 15 is 0 Å². The molecular weight excluding hydrogens is 189 g/mol. The standard InChI is InChI=1S/C8H10NOPS/c1-5-4-12-6-3-9(11-2)8(10)7(5)6/h4,11H,3H2,1-2H3. The summed E-state index contributed by atoms with van der Waals surface area (Å²) < 4.78 is 1.91. The molecular formula is C8H10NOPS. The summed E-state index contributed by atoms with van der Waals surface area (Å²) in [6.45, 7) is 4.89. The third-order valence-corrected chi connectivity index (χ3v) is 4.07. The first-order valence-electron chi connectivity index (χ1n) is 3.80. The highest BCUT2D eigenvalue weighted by Gasteiger charge is 2.29. The zero-order valence-electron chi connectivity index (χ0n) is 7.05. The van der Waals surface area contributed by atoms with E-state index in [0.29, 0.717) is 8.73 Å². The van der Waals surface area contributed by atoms with Crippen molar-refractivity contribution in [3.8, 4) is 0 Å². The average Bonchev–Trinajstić information content (AvgIpc) is 2.55. The fraction of sp³-hybridized carbons (Fsp3) is 0.375. The monoisotopic (exact) mass is 199 g/mol. The topological polar surface area (TPSA) is 20.3 Å². The van der Waals surface area contributed by atoms with Gasteiger partial charge in [0.05, 0.1) is 12.1 Å². The average molecular weight is 199 g/mol. The van der Waals surface area contributed by atoms with Crippen molar-refractivity contribution in [2.45, 2.75) is 13.5 Å². The number of aryl methyl sites for hydroxylation is 1. The summed E-state index contributed by atoms with van der Waals surface area (Å²) in [7, 11) is 0.592. The van der Waals surface area contributed by atoms with Crippen LogP contribution in [0.3, 0.4) is 0 Å². The van der Waals surface area contributed by atoms with Crippen LogP contribution in [0.1, 0.15) is 20.8 Å². The SMILES string of the molecule is CPN1Cc2scc(C)c2C1=O. The minimum atomic E-state index is 0.226. The zero-order valence-corrected chi connectivity index (χ0v) is 8.86. The number of rotatable bonds is 1. The van der Waals surface area contributed by atoms with Crippen molar-refractivity contribution < 1.29 is 4.79 Å². The van der Waals surface area contributed by atoms with Gasteiger partial charge in [-0.3, -0.25) is 4.79 Å². The second kappa shape index (κ2) is 2.82. The van der Waals surface area contributed by atoms with Gasteiger partial charge in [-0.05, 0) is 33.3 Å². The fourth-order valence-electron chi connectivity index (χ4n) is 1.43. The second-order valence-corrected chi connectivity index (χ2v) is 4.78. The van der Waals surface area contributed by atoms with Crippen molar-refractivity contribution in [1.82, 2.24) is 4.67 Å². The molecule has 0 bridgehead atoms. The van der Waals surface area contributed by atoms with Crippen LogP contribution in [0.5, 0.6) is 0 Å². The molecule has 1 amide bonds. The molecule has 1 aliphatic heterocycles. The fourth-order valence-corrected chi connectivity index (χ4v) is 3.18. The van der Waals surface area contributed by atoms with Gasteiger partial charge in [0.1, 0.15) is 0 Å². The Morgan fingerprint density at radius 1 is 1.67 bits per heavy atom. The van der Waals surface area contributed by atoms with Crippen molar-refractivity contribution in [1.29, 1.82) is 0 Å². The molecule has 1 atom stereocenters. The van der Waals surface area contributed by atoms with E-state index in [1.165, 1.54) is 4.88 Å². The predicted octanol–water partition coefficient (Wildman–Crippen LogP) is 2.24. The molecule has 64 valence electrons. The van der Waals surface area contributed by atoms with Crippen LogP contribution in [0.25, 0.3) is 0 Å². The highest BCUT2D eigenvalue weighted by atomic mass is 32.1. The van der Waals surface area contributed by atoms with E-state index < -0.39 is 0 Å². The Labute approximate surface area is 77.4 Å². The van der Waals surface area contributed by atoms with Crippen LogP contribution in [-0.4, -0.2) is 17.2 Å². The van der Waals surface area contributed by atoms with Crippen molar-refractivity contribution in [3.05, 3.63) is 21.4 Å². The molecule has 0 saturated carbocycles. The van der Waals surface area contributed by atoms with Crippen LogP contribution in [0, 0.1) is 6.92 Å². The van der Waals surface area contributed by atoms with Gasteiger partial charge in [0, 0.05) is 4.88 Å². The first-order valence-corrected chi connectivity index (χ1v) is 6.13. The summed E-state index contributed by atoms with van der Waals surface area (Å²) >= 11 is 1.70. The smallest absolute Gasteiger partial charge is 0.258 e. The predicted molar refractivity (Wildman–Crippen MR) is 53.2 cm³/mol. The van der Waals surface area contributed by atoms with Crippen LogP contribution in [0.15, 0.2) is 5.38 Å². The normalized spacial score (nSPS) is 16.5. The van der Waals surface area contributed by atoms with E-state index in [1.54, 1.807) is 11.3 Å². The van der Waals surface area contributed by atoms with E-state index in [9.17, 15) is 4.79 Å². The lowest BCUT2D eigenvalue weighted by Gasteiger charge is -2.11. The van der Waals surface area contributed by atoms with E-state index in [0.717, 1.165) is 17.7 Å². The van der Waals surface area contributed by atoms with E-state index in [4.69, 9.17) is 0 Å². The summed E-state index contributed by atoms with van der Waals surface area (Å²) in [5, 5.41) is 2.07. The van der Waals surface area contributed by atoms with E-state index in [-0.39, 0.29) is 5.91 Å². The van der Waals surface area contributed by atoms with Crippen LogP contribution in [-0.2, 0) is 6.54 Å². The maximum atomic E-state index is 11.6. The van der Waals surface area contributed by atoms with Crippen molar-refractivity contribution in [2.75, 3.05) is 6.66 Å². The zero-order chi connectivity index (χ0) is 8.72. The third kappa shape index (κ3) is 1.00. The van der Waals surface area contributed by atoms with Crippen molar-refractivity contribution in [3.63, 3.8) is 0 Å². The van der Waals surface area contributed by atoms with Gasteiger partial charge in [-0.25, -0.2) is 0 Å². The Kier molecular flexibility index (Phi) is 1.93. The molecule has 1 aromatic rings. The number of thiophene rings is 1. The summed E-state index contributed by atoms with van der Waals surface area (Å²) in [6.07, 6.45) is 0. The summed E-state index contributed by atoms with van der Waals surface area (Å²) in [5.41, 5.74) is 2.11. The van der Waals surface area contributed by atoms with Gasteiger partial charge in [-0.2, -0.15) is 0 Å². The molecule has 4 heteroatoms. The number of nitrogens with zero attached hydrogens (tertiary/aromatic N) is 1. The molecule has 1 aromatic heterocycles. The lowest BCUT2D eigenvalue weighted by atomic mass is 10.2. The van der Waals surface area contributed by atoms with E-state index in [1.807, 2.05) is 18.3 Å². The van der Waals surface area contributed by atoms with Crippen LogP contribution < -0.4 is 0 Å². The van der Waals surface area contributed by atoms with Gasteiger partial charge in [0.25, 0.3) is 5.91 Å². The van der Waals surface area contributed by atoms with Crippen LogP contribution in [0.2, 0.25) is 0 Å². The molecule has 2 rings (SSSR count). The third-order valence-electron chi connectivity index (χ3n) is 2.08. The minimum absolute atomic E-state index is 0.226. The Morgan fingerprint density at radius 3 is 3.00 bits per heavy atom. The summed E-state index contributed by atoms with van der Waals surface area (Å²) in [6, 6.07) is 0. The van der Waals surface area contributed by atoms with Crippen LogP contribution >= 0.6 is 20.1 Å². The van der Waals surface area contributed by atoms with Gasteiger partial charge in [-0.1, -0.05) is 0 Å². The number of amides is 1. The Balaban J connectivity index is 2.44. The minimum Gasteiger partial charge on any atom is -0.315 e. The van der Waals surface area contributed by atoms with E-state index in [2.05, 4.69) is 5.38 Å². The van der Waals surface area contributed by atoms with Crippen molar-refractivity contribution in [2.24, 2.45) is 0 Å². The number of fused-ring (bicyclic) bond motifs is 1. The summed E-state index contributed by atoms with van der Waals surface area (Å²) in [4.78, 5) is 12.9. The molecule has 0 fully saturated rings. The number of carbonyl (C=O) groups is 1. The highest BCUT2D eigenvalue weighted by Crippen LogP contribution is 2.35. The molecule has 0 saturated heterocycles. The molecule has 0 aromatic carbocycles. The largest absolute Gasteiger partial charge is 0.315 e. The number of hydrogen-bond acceptors (Lipinski definition) is 2. The molecule has 1 unspecified atom stereocenters. The second-order valence-electron chi connectivity index (χ2n) is 2.83. The van der Waals surface area contributed by atoms with Crippen LogP contribution in [0.4, 0.5) is 0 Å². The maximum Gasteiger partial charge on any atom is 0.258 e. The van der Waals surface area contributed by atoms with Gasteiger partial charge in [0.15, 0.2) is 0 Å². The van der Waals surface area contributed by atoms with Gasteiger partial charge in [0.2, 0.25) is 0 Å². The molecule has 12 heavy (non-hydrogen) atoms. The molecule has 0 spiro atoms. The molecule has 2 nitrogen and oxygen atoms in total. The molecule has 1 aliphatic rings. The molecule has 0 aliphatic carbocycles. The first-order chi connectivity index (χ1) is 5.74. The summed E-state index contributed by atoms with van der Waals surface area (Å²) in [5.74, 6) is 0.226. The quantitative estimate of drug-likeness (QED) is 0.635.